The summed E-state index contributed by atoms with van der Waals surface area (Å²) >= 11 is 0. The molecule has 0 saturated carbocycles. The molecular weight excluding hydrogens is 220 g/mol. The highest BCUT2D eigenvalue weighted by Crippen LogP contribution is 2.23. The molecule has 1 aromatic heterocycles. The zero-order chi connectivity index (χ0) is 12.4. The second-order valence-electron chi connectivity index (χ2n) is 5.14. The van der Waals surface area contributed by atoms with E-state index in [0.717, 1.165) is 18.7 Å². The Morgan fingerprint density at radius 3 is 2.72 bits per heavy atom. The second kappa shape index (κ2) is 4.97. The van der Waals surface area contributed by atoms with E-state index in [1.807, 2.05) is 0 Å². The van der Waals surface area contributed by atoms with Crippen molar-refractivity contribution in [3.05, 3.63) is 41.9 Å². The Labute approximate surface area is 109 Å². The van der Waals surface area contributed by atoms with Crippen molar-refractivity contribution in [2.75, 3.05) is 0 Å². The second-order valence-corrected chi connectivity index (χ2v) is 5.14. The molecule has 0 saturated heterocycles. The first kappa shape index (κ1) is 11.5. The van der Waals surface area contributed by atoms with Crippen LogP contribution in [0.5, 0.6) is 0 Å². The van der Waals surface area contributed by atoms with Gasteiger partial charge in [0.1, 0.15) is 5.82 Å². The molecule has 0 radical (unpaired) electrons. The van der Waals surface area contributed by atoms with Crippen LogP contribution >= 0.6 is 0 Å². The number of rotatable bonds is 3. The van der Waals surface area contributed by atoms with E-state index in [4.69, 9.17) is 4.98 Å². The molecule has 1 aliphatic rings. The molecule has 2 nitrogen and oxygen atoms in total. The van der Waals surface area contributed by atoms with Gasteiger partial charge in [-0.05, 0) is 24.8 Å². The smallest absolute Gasteiger partial charge is 0.109 e. The highest BCUT2D eigenvalue weighted by Gasteiger charge is 2.12. The van der Waals surface area contributed by atoms with Crippen LogP contribution in [0.4, 0.5) is 0 Å². The number of benzene rings is 1. The number of aryl methyl sites for hydroxylation is 3. The van der Waals surface area contributed by atoms with Gasteiger partial charge in [0.05, 0.1) is 5.69 Å². The lowest BCUT2D eigenvalue weighted by atomic mass is 10.1. The summed E-state index contributed by atoms with van der Waals surface area (Å²) in [5.74, 6) is 1.26. The van der Waals surface area contributed by atoms with E-state index >= 15 is 0 Å². The van der Waals surface area contributed by atoms with Gasteiger partial charge in [-0.1, -0.05) is 37.6 Å². The molecule has 0 amide bonds. The fourth-order valence-electron chi connectivity index (χ4n) is 2.68. The van der Waals surface area contributed by atoms with Gasteiger partial charge in [-0.3, -0.25) is 0 Å². The lowest BCUT2D eigenvalue weighted by Gasteiger charge is -2.11. The SMILES string of the molecule is CCCc1ccc(-c2cn3c(n2)CCCC3)cc1. The zero-order valence-corrected chi connectivity index (χ0v) is 11.0. The van der Waals surface area contributed by atoms with Crippen LogP contribution in [0.1, 0.15) is 37.6 Å². The van der Waals surface area contributed by atoms with E-state index in [1.165, 1.54) is 42.6 Å². The predicted molar refractivity (Wildman–Crippen MR) is 74.6 cm³/mol. The normalized spacial score (nSPS) is 14.5. The Balaban J connectivity index is 1.87. The van der Waals surface area contributed by atoms with E-state index in [-0.39, 0.29) is 0 Å². The summed E-state index contributed by atoms with van der Waals surface area (Å²) in [5, 5.41) is 0. The third-order valence-electron chi connectivity index (χ3n) is 3.70. The van der Waals surface area contributed by atoms with E-state index in [0.29, 0.717) is 0 Å². The largest absolute Gasteiger partial charge is 0.334 e. The van der Waals surface area contributed by atoms with Crippen molar-refractivity contribution in [2.24, 2.45) is 0 Å². The minimum atomic E-state index is 1.13. The van der Waals surface area contributed by atoms with Crippen molar-refractivity contribution in [2.45, 2.75) is 45.6 Å². The molecule has 0 fully saturated rings. The number of hydrogen-bond donors (Lipinski definition) is 0. The Kier molecular flexibility index (Phi) is 3.18. The summed E-state index contributed by atoms with van der Waals surface area (Å²) in [5.41, 5.74) is 3.80. The maximum atomic E-state index is 4.76. The van der Waals surface area contributed by atoms with Crippen LogP contribution in [0.15, 0.2) is 30.5 Å². The fraction of sp³-hybridized carbons (Fsp3) is 0.438. The van der Waals surface area contributed by atoms with Gasteiger partial charge in [0.2, 0.25) is 0 Å². The minimum Gasteiger partial charge on any atom is -0.334 e. The molecule has 0 spiro atoms. The maximum Gasteiger partial charge on any atom is 0.109 e. The van der Waals surface area contributed by atoms with Crippen molar-refractivity contribution in [3.63, 3.8) is 0 Å². The Hall–Kier alpha value is -1.57. The third kappa shape index (κ3) is 2.20. The van der Waals surface area contributed by atoms with Crippen molar-refractivity contribution in [1.29, 1.82) is 0 Å². The molecule has 0 unspecified atom stereocenters. The summed E-state index contributed by atoms with van der Waals surface area (Å²) in [6.45, 7) is 3.35. The first-order valence-electron chi connectivity index (χ1n) is 7.02. The zero-order valence-electron chi connectivity index (χ0n) is 11.0. The van der Waals surface area contributed by atoms with Crippen molar-refractivity contribution in [1.82, 2.24) is 9.55 Å². The van der Waals surface area contributed by atoms with Crippen molar-refractivity contribution in [3.8, 4) is 11.3 Å². The number of hydrogen-bond acceptors (Lipinski definition) is 1. The molecule has 0 atom stereocenters. The molecule has 18 heavy (non-hydrogen) atoms. The van der Waals surface area contributed by atoms with Gasteiger partial charge < -0.3 is 4.57 Å². The number of nitrogens with zero attached hydrogens (tertiary/aromatic N) is 2. The topological polar surface area (TPSA) is 17.8 Å². The van der Waals surface area contributed by atoms with E-state index < -0.39 is 0 Å². The van der Waals surface area contributed by atoms with Crippen LogP contribution in [-0.4, -0.2) is 9.55 Å². The van der Waals surface area contributed by atoms with Crippen LogP contribution in [0.25, 0.3) is 11.3 Å². The average Bonchev–Trinajstić information content (AvgIpc) is 2.84. The van der Waals surface area contributed by atoms with Gasteiger partial charge in [-0.25, -0.2) is 4.98 Å². The maximum absolute atomic E-state index is 4.76. The van der Waals surface area contributed by atoms with Gasteiger partial charge in [0.15, 0.2) is 0 Å². The summed E-state index contributed by atoms with van der Waals surface area (Å²) < 4.78 is 2.32. The summed E-state index contributed by atoms with van der Waals surface area (Å²) in [6.07, 6.45) is 8.29. The lowest BCUT2D eigenvalue weighted by molar-refractivity contribution is 0.522. The van der Waals surface area contributed by atoms with Crippen LogP contribution in [0.3, 0.4) is 0 Å². The molecular formula is C16H20N2. The van der Waals surface area contributed by atoms with E-state index in [1.54, 1.807) is 0 Å². The number of imidazole rings is 1. The summed E-state index contributed by atoms with van der Waals surface area (Å²) in [6, 6.07) is 8.88. The van der Waals surface area contributed by atoms with Crippen LogP contribution < -0.4 is 0 Å². The lowest BCUT2D eigenvalue weighted by Crippen LogP contribution is -2.08. The molecule has 0 bridgehead atoms. The molecule has 3 rings (SSSR count). The molecule has 2 heteroatoms. The van der Waals surface area contributed by atoms with Gasteiger partial charge in [-0.15, -0.1) is 0 Å². The van der Waals surface area contributed by atoms with Gasteiger partial charge in [0, 0.05) is 24.7 Å². The van der Waals surface area contributed by atoms with Gasteiger partial charge in [-0.2, -0.15) is 0 Å². The monoisotopic (exact) mass is 240 g/mol. The Morgan fingerprint density at radius 2 is 2.00 bits per heavy atom. The van der Waals surface area contributed by atoms with Crippen molar-refractivity contribution < 1.29 is 0 Å². The first-order valence-corrected chi connectivity index (χ1v) is 7.02. The predicted octanol–water partition coefficient (Wildman–Crippen LogP) is 3.84. The molecule has 2 aromatic rings. The molecule has 2 heterocycles. The summed E-state index contributed by atoms with van der Waals surface area (Å²) in [7, 11) is 0. The third-order valence-corrected chi connectivity index (χ3v) is 3.70. The first-order chi connectivity index (χ1) is 8.86. The van der Waals surface area contributed by atoms with Crippen LogP contribution in [0.2, 0.25) is 0 Å². The standard InChI is InChI=1S/C16H20N2/c1-2-5-13-7-9-14(10-8-13)15-12-18-11-4-3-6-16(18)17-15/h7-10,12H,2-6,11H2,1H3. The summed E-state index contributed by atoms with van der Waals surface area (Å²) in [4.78, 5) is 4.76. The highest BCUT2D eigenvalue weighted by molar-refractivity contribution is 5.59. The highest BCUT2D eigenvalue weighted by atomic mass is 15.1. The van der Waals surface area contributed by atoms with E-state index in [9.17, 15) is 0 Å². The molecule has 0 N–H and O–H groups in total. The molecule has 94 valence electrons. The average molecular weight is 240 g/mol. The van der Waals surface area contributed by atoms with E-state index in [2.05, 4.69) is 42.0 Å². The Bertz CT molecular complexity index is 499. The van der Waals surface area contributed by atoms with Crippen molar-refractivity contribution >= 4 is 0 Å². The number of fused-ring (bicyclic) bond motifs is 1. The van der Waals surface area contributed by atoms with Gasteiger partial charge in [0.25, 0.3) is 0 Å². The Morgan fingerprint density at radius 1 is 1.17 bits per heavy atom. The number of aromatic nitrogens is 2. The molecule has 1 aliphatic heterocycles. The fourth-order valence-corrected chi connectivity index (χ4v) is 2.68. The van der Waals surface area contributed by atoms with Crippen LogP contribution in [-0.2, 0) is 19.4 Å². The quantitative estimate of drug-likeness (QED) is 0.797. The molecule has 0 aliphatic carbocycles. The minimum absolute atomic E-state index is 1.13. The molecule has 1 aromatic carbocycles. The van der Waals surface area contributed by atoms with Crippen LogP contribution in [0, 0.1) is 0 Å². The van der Waals surface area contributed by atoms with Gasteiger partial charge >= 0.3 is 0 Å².